The number of nitrogens with one attached hydrogen (secondary N) is 2. The normalized spacial score (nSPS) is 18.5. The Labute approximate surface area is 234 Å². The molecule has 208 valence electrons. The summed E-state index contributed by atoms with van der Waals surface area (Å²) in [5.74, 6) is 1.08. The zero-order valence-electron chi connectivity index (χ0n) is 23.3. The van der Waals surface area contributed by atoms with E-state index in [0.29, 0.717) is 31.0 Å². The Morgan fingerprint density at radius 1 is 1.18 bits per heavy atom. The summed E-state index contributed by atoms with van der Waals surface area (Å²) in [7, 11) is 0. The van der Waals surface area contributed by atoms with Gasteiger partial charge in [-0.05, 0) is 68.7 Å². The highest BCUT2D eigenvalue weighted by molar-refractivity contribution is 5.88. The molecule has 0 fully saturated rings. The number of aromatic amines is 1. The number of hydrogen-bond acceptors (Lipinski definition) is 5. The topological polar surface area (TPSA) is 104 Å². The van der Waals surface area contributed by atoms with E-state index in [4.69, 9.17) is 4.42 Å². The summed E-state index contributed by atoms with van der Waals surface area (Å²) in [5.41, 5.74) is 3.62. The molecule has 2 aromatic heterocycles. The second-order valence-electron chi connectivity index (χ2n) is 10.5. The van der Waals surface area contributed by atoms with Crippen LogP contribution in [0.5, 0.6) is 0 Å². The average molecular weight is 540 g/mol. The molecule has 0 aliphatic heterocycles. The van der Waals surface area contributed by atoms with Gasteiger partial charge in [0.2, 0.25) is 17.7 Å². The Morgan fingerprint density at radius 3 is 2.95 bits per heavy atom. The van der Waals surface area contributed by atoms with Gasteiger partial charge in [0, 0.05) is 17.8 Å². The Balaban J connectivity index is 1.27. The van der Waals surface area contributed by atoms with Gasteiger partial charge in [0.15, 0.2) is 5.76 Å². The maximum Gasteiger partial charge on any atom is 0.243 e. The molecule has 1 atom stereocenters. The van der Waals surface area contributed by atoms with Crippen molar-refractivity contribution in [3.05, 3.63) is 88.2 Å². The van der Waals surface area contributed by atoms with Crippen LogP contribution in [0.4, 0.5) is 0 Å². The number of amides is 2. The molecule has 0 saturated carbocycles. The third-order valence-corrected chi connectivity index (χ3v) is 7.36. The first-order chi connectivity index (χ1) is 19.5. The molecule has 2 heterocycles. The van der Waals surface area contributed by atoms with Crippen molar-refractivity contribution in [3.8, 4) is 0 Å². The number of imidazole rings is 1. The predicted octanol–water partition coefficient (Wildman–Crippen LogP) is 4.17. The SMILES string of the molecule is CCCN(CC(=O)NC1=C(C)CC=CC(c2cnc(C3C=c4[nH]cnc4=CC3)o2)=C1)C(=O)CC1=CCCCC=C1. The van der Waals surface area contributed by atoms with Crippen LogP contribution in [-0.4, -0.2) is 44.8 Å². The van der Waals surface area contributed by atoms with Gasteiger partial charge in [-0.2, -0.15) is 0 Å². The second kappa shape index (κ2) is 12.8. The van der Waals surface area contributed by atoms with Crippen LogP contribution in [0, 0.1) is 0 Å². The minimum absolute atomic E-state index is 0.0209. The number of H-pyrrole nitrogens is 1. The largest absolute Gasteiger partial charge is 0.440 e. The smallest absolute Gasteiger partial charge is 0.243 e. The summed E-state index contributed by atoms with van der Waals surface area (Å²) in [6, 6.07) is 0. The summed E-state index contributed by atoms with van der Waals surface area (Å²) in [6.07, 6.45) is 25.6. The van der Waals surface area contributed by atoms with Crippen LogP contribution in [0.15, 0.2) is 70.2 Å². The molecule has 2 amide bonds. The molecule has 3 aliphatic rings. The zero-order chi connectivity index (χ0) is 27.9. The first-order valence-electron chi connectivity index (χ1n) is 14.2. The fraction of sp³-hybridized carbons (Fsp3) is 0.375. The van der Waals surface area contributed by atoms with Gasteiger partial charge >= 0.3 is 0 Å². The first-order valence-corrected chi connectivity index (χ1v) is 14.2. The molecule has 5 rings (SSSR count). The minimum atomic E-state index is -0.208. The third kappa shape index (κ3) is 6.68. The Kier molecular flexibility index (Phi) is 8.74. The molecule has 3 aliphatic carbocycles. The van der Waals surface area contributed by atoms with Crippen molar-refractivity contribution in [2.75, 3.05) is 13.1 Å². The molecule has 1 unspecified atom stereocenters. The lowest BCUT2D eigenvalue weighted by atomic mass is 10.0. The zero-order valence-corrected chi connectivity index (χ0v) is 23.3. The van der Waals surface area contributed by atoms with E-state index < -0.39 is 0 Å². The molecule has 40 heavy (non-hydrogen) atoms. The molecular formula is C32H37N5O3. The number of aromatic nitrogens is 3. The molecule has 0 aromatic carbocycles. The molecule has 8 heteroatoms. The monoisotopic (exact) mass is 539 g/mol. The molecule has 2 N–H and O–H groups in total. The van der Waals surface area contributed by atoms with E-state index in [0.717, 1.165) is 65.2 Å². The van der Waals surface area contributed by atoms with Crippen molar-refractivity contribution in [1.29, 1.82) is 0 Å². The van der Waals surface area contributed by atoms with Crippen molar-refractivity contribution >= 4 is 29.5 Å². The average Bonchev–Trinajstić information content (AvgIpc) is 3.51. The highest BCUT2D eigenvalue weighted by atomic mass is 16.4. The summed E-state index contributed by atoms with van der Waals surface area (Å²) < 4.78 is 6.19. The number of rotatable bonds is 9. The fourth-order valence-electron chi connectivity index (χ4n) is 5.15. The molecular weight excluding hydrogens is 502 g/mol. The molecule has 0 saturated heterocycles. The van der Waals surface area contributed by atoms with Gasteiger partial charge in [0.05, 0.1) is 42.1 Å². The molecule has 8 nitrogen and oxygen atoms in total. The predicted molar refractivity (Wildman–Crippen MR) is 156 cm³/mol. The molecule has 2 aromatic rings. The first kappa shape index (κ1) is 27.4. The van der Waals surface area contributed by atoms with Gasteiger partial charge in [0.25, 0.3) is 0 Å². The van der Waals surface area contributed by atoms with Gasteiger partial charge in [-0.1, -0.05) is 43.4 Å². The van der Waals surface area contributed by atoms with Gasteiger partial charge < -0.3 is 19.6 Å². The van der Waals surface area contributed by atoms with Gasteiger partial charge in [-0.25, -0.2) is 9.97 Å². The lowest BCUT2D eigenvalue weighted by Crippen LogP contribution is -2.41. The van der Waals surface area contributed by atoms with Crippen molar-refractivity contribution in [3.63, 3.8) is 0 Å². The van der Waals surface area contributed by atoms with E-state index in [9.17, 15) is 9.59 Å². The van der Waals surface area contributed by atoms with Crippen LogP contribution in [-0.2, 0) is 9.59 Å². The van der Waals surface area contributed by atoms with Crippen molar-refractivity contribution < 1.29 is 14.0 Å². The highest BCUT2D eigenvalue weighted by Crippen LogP contribution is 2.28. The Bertz CT molecular complexity index is 1530. The lowest BCUT2D eigenvalue weighted by molar-refractivity contribution is -0.135. The van der Waals surface area contributed by atoms with E-state index in [1.54, 1.807) is 17.4 Å². The second-order valence-corrected chi connectivity index (χ2v) is 10.5. The van der Waals surface area contributed by atoms with Crippen LogP contribution < -0.4 is 16.0 Å². The Hall–Kier alpha value is -4.20. The number of nitrogens with zero attached hydrogens (tertiary/aromatic N) is 3. The van der Waals surface area contributed by atoms with Crippen molar-refractivity contribution in [2.24, 2.45) is 0 Å². The van der Waals surface area contributed by atoms with Crippen LogP contribution in [0.3, 0.4) is 0 Å². The number of carbonyl (C=O) groups is 2. The summed E-state index contributed by atoms with van der Waals surface area (Å²) in [4.78, 5) is 39.9. The lowest BCUT2D eigenvalue weighted by Gasteiger charge is -2.22. The van der Waals surface area contributed by atoms with E-state index in [1.807, 2.05) is 32.1 Å². The highest BCUT2D eigenvalue weighted by Gasteiger charge is 2.21. The maximum absolute atomic E-state index is 13.2. The van der Waals surface area contributed by atoms with Gasteiger partial charge in [-0.15, -0.1) is 0 Å². The standard InChI is InChI=1S/C32H37N5O3/c1-3-15-37(31(39)16-23-10-6-4-5-7-11-23)20-30(38)36-27-17-24(12-8-9-22(27)2)29-19-33-32(40-29)25-13-14-26-28(18-25)35-21-34-26/h6,8,10-12,14,17-19,21,25H,3-5,7,9,13,15-16,20H2,1-2H3,(H,34,35)(H,36,38). The van der Waals surface area contributed by atoms with Gasteiger partial charge in [0.1, 0.15) is 0 Å². The van der Waals surface area contributed by atoms with Crippen molar-refractivity contribution in [2.45, 2.75) is 64.7 Å². The number of hydrogen-bond donors (Lipinski definition) is 2. The van der Waals surface area contributed by atoms with E-state index in [-0.39, 0.29) is 24.3 Å². The fourth-order valence-corrected chi connectivity index (χ4v) is 5.15. The van der Waals surface area contributed by atoms with Crippen molar-refractivity contribution in [1.82, 2.24) is 25.2 Å². The van der Waals surface area contributed by atoms with Crippen LogP contribution >= 0.6 is 0 Å². The Morgan fingerprint density at radius 2 is 2.08 bits per heavy atom. The third-order valence-electron chi connectivity index (χ3n) is 7.36. The maximum atomic E-state index is 13.2. The van der Waals surface area contributed by atoms with E-state index >= 15 is 0 Å². The number of fused-ring (bicyclic) bond motifs is 1. The van der Waals surface area contributed by atoms with E-state index in [1.165, 1.54) is 0 Å². The number of allylic oxidation sites excluding steroid dienone is 8. The van der Waals surface area contributed by atoms with Crippen LogP contribution in [0.1, 0.15) is 76.4 Å². The van der Waals surface area contributed by atoms with Crippen LogP contribution in [0.2, 0.25) is 0 Å². The molecule has 0 spiro atoms. The molecule has 0 radical (unpaired) electrons. The summed E-state index contributed by atoms with van der Waals surface area (Å²) >= 11 is 0. The quantitative estimate of drug-likeness (QED) is 0.498. The minimum Gasteiger partial charge on any atom is -0.440 e. The number of oxazole rings is 1. The van der Waals surface area contributed by atoms with Gasteiger partial charge in [-0.3, -0.25) is 9.59 Å². The molecule has 0 bridgehead atoms. The van der Waals surface area contributed by atoms with Crippen LogP contribution in [0.25, 0.3) is 17.7 Å². The number of carbonyl (C=O) groups excluding carboxylic acids is 2. The summed E-state index contributed by atoms with van der Waals surface area (Å²) in [6.45, 7) is 4.58. The summed E-state index contributed by atoms with van der Waals surface area (Å²) in [5, 5.41) is 4.99. The van der Waals surface area contributed by atoms with E-state index in [2.05, 4.69) is 50.6 Å².